The number of halogens is 1. The number of nitrogens with zero attached hydrogens (tertiary/aromatic N) is 1. The number of carbonyl (C=O) groups is 1. The Morgan fingerprint density at radius 3 is 2.50 bits per heavy atom. The lowest BCUT2D eigenvalue weighted by Crippen LogP contribution is -2.32. The van der Waals surface area contributed by atoms with Gasteiger partial charge in [-0.05, 0) is 37.3 Å². The lowest BCUT2D eigenvalue weighted by Gasteiger charge is -2.16. The number of benzene rings is 2. The molecule has 0 aliphatic carbocycles. The van der Waals surface area contributed by atoms with Crippen LogP contribution in [0.1, 0.15) is 6.92 Å². The molecule has 0 saturated heterocycles. The smallest absolute Gasteiger partial charge is 0.273 e. The number of methoxy groups -OCH3 is 1. The molecule has 126 valence electrons. The highest BCUT2D eigenvalue weighted by atomic mass is 19.1. The van der Waals surface area contributed by atoms with E-state index in [0.29, 0.717) is 11.4 Å². The molecule has 24 heavy (non-hydrogen) atoms. The SMILES string of the molecule is COc1cc([N+](=O)[O-])ccc1NC(=O)[C@H](C)Nc1ccc(F)cc1. The largest absolute Gasteiger partial charge is 0.494 e. The van der Waals surface area contributed by atoms with Crippen LogP contribution < -0.4 is 15.4 Å². The maximum atomic E-state index is 12.9. The van der Waals surface area contributed by atoms with Gasteiger partial charge in [-0.25, -0.2) is 4.39 Å². The van der Waals surface area contributed by atoms with Gasteiger partial charge in [-0.1, -0.05) is 0 Å². The molecule has 8 heteroatoms. The number of amides is 1. The average Bonchev–Trinajstić information content (AvgIpc) is 2.56. The van der Waals surface area contributed by atoms with E-state index in [1.54, 1.807) is 6.92 Å². The van der Waals surface area contributed by atoms with Crippen molar-refractivity contribution in [2.24, 2.45) is 0 Å². The van der Waals surface area contributed by atoms with Gasteiger partial charge in [-0.15, -0.1) is 0 Å². The second-order valence-electron chi connectivity index (χ2n) is 5.00. The van der Waals surface area contributed by atoms with Gasteiger partial charge in [0.15, 0.2) is 0 Å². The van der Waals surface area contributed by atoms with Gasteiger partial charge in [0.1, 0.15) is 17.6 Å². The molecule has 0 bridgehead atoms. The molecule has 0 heterocycles. The van der Waals surface area contributed by atoms with Gasteiger partial charge in [-0.2, -0.15) is 0 Å². The average molecular weight is 333 g/mol. The van der Waals surface area contributed by atoms with Gasteiger partial charge in [0.05, 0.1) is 23.8 Å². The fourth-order valence-corrected chi connectivity index (χ4v) is 2.00. The summed E-state index contributed by atoms with van der Waals surface area (Å²) in [5.74, 6) is -0.550. The van der Waals surface area contributed by atoms with Crippen LogP contribution in [-0.4, -0.2) is 24.0 Å². The summed E-state index contributed by atoms with van der Waals surface area (Å²) in [6, 6.07) is 8.90. The number of non-ortho nitro benzene ring substituents is 1. The Hall–Kier alpha value is -3.16. The quantitative estimate of drug-likeness (QED) is 0.625. The first kappa shape index (κ1) is 17.2. The Labute approximate surface area is 137 Å². The van der Waals surface area contributed by atoms with Gasteiger partial charge < -0.3 is 15.4 Å². The summed E-state index contributed by atoms with van der Waals surface area (Å²) in [5, 5.41) is 16.3. The molecule has 0 unspecified atom stereocenters. The Kier molecular flexibility index (Phi) is 5.31. The van der Waals surface area contributed by atoms with Crippen molar-refractivity contribution in [1.82, 2.24) is 0 Å². The van der Waals surface area contributed by atoms with Gasteiger partial charge in [0, 0.05) is 11.8 Å². The maximum Gasteiger partial charge on any atom is 0.273 e. The second kappa shape index (κ2) is 7.40. The molecule has 0 aromatic heterocycles. The van der Waals surface area contributed by atoms with E-state index >= 15 is 0 Å². The molecule has 0 saturated carbocycles. The van der Waals surface area contributed by atoms with Crippen LogP contribution in [0.15, 0.2) is 42.5 Å². The maximum absolute atomic E-state index is 12.9. The summed E-state index contributed by atoms with van der Waals surface area (Å²) in [4.78, 5) is 22.4. The van der Waals surface area contributed by atoms with Crippen LogP contribution >= 0.6 is 0 Å². The first-order chi connectivity index (χ1) is 11.4. The second-order valence-corrected chi connectivity index (χ2v) is 5.00. The number of rotatable bonds is 6. The van der Waals surface area contributed by atoms with Crippen molar-refractivity contribution in [1.29, 1.82) is 0 Å². The van der Waals surface area contributed by atoms with Gasteiger partial charge >= 0.3 is 0 Å². The van der Waals surface area contributed by atoms with E-state index in [2.05, 4.69) is 10.6 Å². The van der Waals surface area contributed by atoms with Crippen molar-refractivity contribution in [3.05, 3.63) is 58.4 Å². The zero-order valence-corrected chi connectivity index (χ0v) is 13.1. The number of carbonyl (C=O) groups excluding carboxylic acids is 1. The summed E-state index contributed by atoms with van der Waals surface area (Å²) >= 11 is 0. The molecule has 2 N–H and O–H groups in total. The third-order valence-corrected chi connectivity index (χ3v) is 3.27. The minimum absolute atomic E-state index is 0.137. The van der Waals surface area contributed by atoms with Crippen LogP contribution in [0, 0.1) is 15.9 Å². The van der Waals surface area contributed by atoms with E-state index in [9.17, 15) is 19.3 Å². The summed E-state index contributed by atoms with van der Waals surface area (Å²) in [7, 11) is 1.36. The van der Waals surface area contributed by atoms with Crippen molar-refractivity contribution in [3.8, 4) is 5.75 Å². The summed E-state index contributed by atoms with van der Waals surface area (Å²) < 4.78 is 17.9. The molecule has 0 fully saturated rings. The number of anilines is 2. The highest BCUT2D eigenvalue weighted by molar-refractivity contribution is 5.97. The van der Waals surface area contributed by atoms with Crippen LogP contribution in [0.2, 0.25) is 0 Å². The molecule has 0 spiro atoms. The predicted molar refractivity (Wildman–Crippen MR) is 87.8 cm³/mol. The van der Waals surface area contributed by atoms with Crippen molar-refractivity contribution < 1.29 is 18.8 Å². The van der Waals surface area contributed by atoms with E-state index in [4.69, 9.17) is 4.74 Å². The Morgan fingerprint density at radius 1 is 1.25 bits per heavy atom. The topological polar surface area (TPSA) is 93.5 Å². The Bertz CT molecular complexity index is 749. The minimum atomic E-state index is -0.615. The predicted octanol–water partition coefficient (Wildman–Crippen LogP) is 3.18. The van der Waals surface area contributed by atoms with Crippen molar-refractivity contribution in [2.75, 3.05) is 17.7 Å². The standard InChI is InChI=1S/C16H16FN3O4/c1-10(18-12-5-3-11(17)4-6-12)16(21)19-14-8-7-13(20(22)23)9-15(14)24-2/h3-10,18H,1-2H3,(H,19,21)/t10-/m0/s1. The molecule has 2 aromatic rings. The molecular weight excluding hydrogens is 317 g/mol. The molecule has 0 aliphatic rings. The van der Waals surface area contributed by atoms with Crippen LogP contribution in [0.3, 0.4) is 0 Å². The van der Waals surface area contributed by atoms with Crippen LogP contribution in [0.4, 0.5) is 21.5 Å². The molecule has 7 nitrogen and oxygen atoms in total. The number of ether oxygens (including phenoxy) is 1. The number of nitrogens with one attached hydrogen (secondary N) is 2. The summed E-state index contributed by atoms with van der Waals surface area (Å²) in [5.41, 5.74) is 0.776. The molecule has 2 aromatic carbocycles. The highest BCUT2D eigenvalue weighted by Crippen LogP contribution is 2.29. The molecular formula is C16H16FN3O4. The summed E-state index contributed by atoms with van der Waals surface area (Å²) in [6.07, 6.45) is 0. The van der Waals surface area contributed by atoms with Crippen molar-refractivity contribution >= 4 is 23.0 Å². The van der Waals surface area contributed by atoms with Crippen molar-refractivity contribution in [3.63, 3.8) is 0 Å². The fourth-order valence-electron chi connectivity index (χ4n) is 2.00. The van der Waals surface area contributed by atoms with Gasteiger partial charge in [-0.3, -0.25) is 14.9 Å². The first-order valence-electron chi connectivity index (χ1n) is 7.06. The zero-order valence-electron chi connectivity index (χ0n) is 13.1. The van der Waals surface area contributed by atoms with Gasteiger partial charge in [0.2, 0.25) is 5.91 Å². The van der Waals surface area contributed by atoms with E-state index < -0.39 is 11.0 Å². The first-order valence-corrected chi connectivity index (χ1v) is 7.06. The number of hydrogen-bond donors (Lipinski definition) is 2. The van der Waals surface area contributed by atoms with Gasteiger partial charge in [0.25, 0.3) is 5.69 Å². The zero-order chi connectivity index (χ0) is 17.7. The fraction of sp³-hybridized carbons (Fsp3) is 0.188. The minimum Gasteiger partial charge on any atom is -0.494 e. The lowest BCUT2D eigenvalue weighted by molar-refractivity contribution is -0.384. The number of nitro benzene ring substituents is 1. The Morgan fingerprint density at radius 2 is 1.92 bits per heavy atom. The number of hydrogen-bond acceptors (Lipinski definition) is 5. The monoisotopic (exact) mass is 333 g/mol. The van der Waals surface area contributed by atoms with E-state index in [1.165, 1.54) is 49.6 Å². The molecule has 1 amide bonds. The molecule has 0 radical (unpaired) electrons. The number of nitro groups is 1. The van der Waals surface area contributed by atoms with Crippen molar-refractivity contribution in [2.45, 2.75) is 13.0 Å². The third kappa shape index (κ3) is 4.19. The lowest BCUT2D eigenvalue weighted by atomic mass is 10.2. The van der Waals surface area contributed by atoms with E-state index in [-0.39, 0.29) is 23.2 Å². The van der Waals surface area contributed by atoms with Crippen LogP contribution in [0.25, 0.3) is 0 Å². The summed E-state index contributed by atoms with van der Waals surface area (Å²) in [6.45, 7) is 1.64. The molecule has 0 aliphatic heterocycles. The van der Waals surface area contributed by atoms with Crippen LogP contribution in [0.5, 0.6) is 5.75 Å². The third-order valence-electron chi connectivity index (χ3n) is 3.27. The Balaban J connectivity index is 2.08. The molecule has 1 atom stereocenters. The highest BCUT2D eigenvalue weighted by Gasteiger charge is 2.17. The van der Waals surface area contributed by atoms with Crippen LogP contribution in [-0.2, 0) is 4.79 Å². The van der Waals surface area contributed by atoms with E-state index in [1.807, 2.05) is 0 Å². The molecule has 2 rings (SSSR count). The van der Waals surface area contributed by atoms with E-state index in [0.717, 1.165) is 0 Å². The normalized spacial score (nSPS) is 11.5.